The topological polar surface area (TPSA) is 76.7 Å². The molecule has 0 atom stereocenters. The van der Waals surface area contributed by atoms with Crippen LogP contribution in [-0.4, -0.2) is 5.91 Å². The molecule has 0 spiro atoms. The summed E-state index contributed by atoms with van der Waals surface area (Å²) in [7, 11) is 0. The smallest absolute Gasteiger partial charge is 0.266 e. The first-order chi connectivity index (χ1) is 14.7. The molecule has 0 bridgehead atoms. The molecular formula is C25H19N3OS. The van der Waals surface area contributed by atoms with Gasteiger partial charge in [-0.2, -0.15) is 10.5 Å². The second-order valence-corrected chi connectivity index (χ2v) is 8.24. The molecule has 4 rings (SSSR count). The lowest BCUT2D eigenvalue weighted by molar-refractivity contribution is -0.112. The number of aryl methyl sites for hydroxylation is 1. The van der Waals surface area contributed by atoms with E-state index in [-0.39, 0.29) is 5.57 Å². The molecule has 1 aliphatic rings. The monoisotopic (exact) mass is 409 g/mol. The predicted molar refractivity (Wildman–Crippen MR) is 120 cm³/mol. The fraction of sp³-hybridized carbons (Fsp3) is 0.160. The summed E-state index contributed by atoms with van der Waals surface area (Å²) in [4.78, 5) is 13.9. The molecule has 1 heterocycles. The third-order valence-electron chi connectivity index (χ3n) is 5.20. The van der Waals surface area contributed by atoms with Crippen LogP contribution in [0.25, 0.3) is 17.2 Å². The zero-order valence-electron chi connectivity index (χ0n) is 16.3. The summed E-state index contributed by atoms with van der Waals surface area (Å²) < 4.78 is 0. The first-order valence-electron chi connectivity index (χ1n) is 9.83. The molecule has 0 radical (unpaired) electrons. The first kappa shape index (κ1) is 19.6. The van der Waals surface area contributed by atoms with E-state index in [2.05, 4.69) is 11.4 Å². The summed E-state index contributed by atoms with van der Waals surface area (Å²) in [5.74, 6) is -0.486. The maximum atomic E-state index is 12.7. The number of nitriles is 2. The van der Waals surface area contributed by atoms with Crippen LogP contribution in [-0.2, 0) is 17.6 Å². The van der Waals surface area contributed by atoms with Gasteiger partial charge in [0.2, 0.25) is 0 Å². The van der Waals surface area contributed by atoms with Crippen molar-refractivity contribution in [1.29, 1.82) is 10.5 Å². The average Bonchev–Trinajstić information content (AvgIpc) is 3.15. The Kier molecular flexibility index (Phi) is 5.75. The fourth-order valence-corrected chi connectivity index (χ4v) is 4.90. The van der Waals surface area contributed by atoms with Gasteiger partial charge in [-0.05, 0) is 54.0 Å². The summed E-state index contributed by atoms with van der Waals surface area (Å²) >= 11 is 1.46. The Labute approximate surface area is 179 Å². The number of nitrogens with one attached hydrogen (secondary N) is 1. The van der Waals surface area contributed by atoms with Crippen molar-refractivity contribution in [2.75, 3.05) is 5.32 Å². The van der Waals surface area contributed by atoms with E-state index in [0.29, 0.717) is 10.6 Å². The van der Waals surface area contributed by atoms with Gasteiger partial charge in [0.1, 0.15) is 22.7 Å². The molecule has 0 aliphatic heterocycles. The molecule has 4 nitrogen and oxygen atoms in total. The van der Waals surface area contributed by atoms with Gasteiger partial charge < -0.3 is 5.32 Å². The van der Waals surface area contributed by atoms with E-state index in [1.165, 1.54) is 16.2 Å². The SMILES string of the molecule is N#C/C(=C\c1ccc(-c2ccccc2)cc1)C(=O)Nc1sc2c(c1C#N)CCCC2. The molecule has 2 aromatic carbocycles. The van der Waals surface area contributed by atoms with Crippen molar-refractivity contribution in [3.05, 3.63) is 81.7 Å². The lowest BCUT2D eigenvalue weighted by atomic mass is 9.96. The van der Waals surface area contributed by atoms with Crippen molar-refractivity contribution in [2.45, 2.75) is 25.7 Å². The highest BCUT2D eigenvalue weighted by Crippen LogP contribution is 2.37. The van der Waals surface area contributed by atoms with Gasteiger partial charge in [-0.3, -0.25) is 4.79 Å². The Bertz CT molecular complexity index is 1190. The highest BCUT2D eigenvalue weighted by molar-refractivity contribution is 7.16. The fourth-order valence-electron chi connectivity index (χ4n) is 3.66. The maximum absolute atomic E-state index is 12.7. The predicted octanol–water partition coefficient (Wildman–Crippen LogP) is 5.71. The second kappa shape index (κ2) is 8.78. The molecule has 30 heavy (non-hydrogen) atoms. The highest BCUT2D eigenvalue weighted by Gasteiger charge is 2.22. The van der Waals surface area contributed by atoms with Crippen LogP contribution in [0.3, 0.4) is 0 Å². The van der Waals surface area contributed by atoms with Gasteiger partial charge in [-0.15, -0.1) is 11.3 Å². The van der Waals surface area contributed by atoms with E-state index >= 15 is 0 Å². The average molecular weight is 410 g/mol. The number of hydrogen-bond donors (Lipinski definition) is 1. The standard InChI is InChI=1S/C25H19N3OS/c26-15-20(14-17-10-12-19(13-11-17)18-6-2-1-3-7-18)24(29)28-25-22(16-27)21-8-4-5-9-23(21)30-25/h1-3,6-7,10-14H,4-5,8-9H2,(H,28,29)/b20-14+. The van der Waals surface area contributed by atoms with Crippen LogP contribution in [0.1, 0.15) is 34.4 Å². The van der Waals surface area contributed by atoms with E-state index in [1.807, 2.05) is 60.7 Å². The maximum Gasteiger partial charge on any atom is 0.266 e. The van der Waals surface area contributed by atoms with E-state index in [0.717, 1.165) is 47.9 Å². The van der Waals surface area contributed by atoms with Crippen LogP contribution in [0.4, 0.5) is 5.00 Å². The van der Waals surface area contributed by atoms with Gasteiger partial charge in [-0.1, -0.05) is 54.6 Å². The van der Waals surface area contributed by atoms with Crippen LogP contribution in [0, 0.1) is 22.7 Å². The molecule has 1 aromatic heterocycles. The number of amides is 1. The van der Waals surface area contributed by atoms with Crippen molar-refractivity contribution < 1.29 is 4.79 Å². The Hall–Kier alpha value is -3.67. The molecular weight excluding hydrogens is 390 g/mol. The van der Waals surface area contributed by atoms with Gasteiger partial charge in [0.05, 0.1) is 5.56 Å². The third kappa shape index (κ3) is 4.03. The number of nitrogens with zero attached hydrogens (tertiary/aromatic N) is 2. The quantitative estimate of drug-likeness (QED) is 0.443. The number of fused-ring (bicyclic) bond motifs is 1. The lowest BCUT2D eigenvalue weighted by Gasteiger charge is -2.09. The molecule has 1 N–H and O–H groups in total. The van der Waals surface area contributed by atoms with Crippen LogP contribution in [0.5, 0.6) is 0 Å². The molecule has 0 unspecified atom stereocenters. The van der Waals surface area contributed by atoms with Crippen molar-refractivity contribution in [1.82, 2.24) is 0 Å². The Morgan fingerprint density at radius 3 is 2.37 bits per heavy atom. The minimum absolute atomic E-state index is 0.0118. The number of rotatable bonds is 4. The highest BCUT2D eigenvalue weighted by atomic mass is 32.1. The molecule has 146 valence electrons. The van der Waals surface area contributed by atoms with Crippen LogP contribution < -0.4 is 5.32 Å². The van der Waals surface area contributed by atoms with Crippen molar-refractivity contribution >= 4 is 28.3 Å². The number of thiophene rings is 1. The van der Waals surface area contributed by atoms with Crippen molar-refractivity contribution in [3.8, 4) is 23.3 Å². The number of carbonyl (C=O) groups excluding carboxylic acids is 1. The van der Waals surface area contributed by atoms with Gasteiger partial charge in [-0.25, -0.2) is 0 Å². The summed E-state index contributed by atoms with van der Waals surface area (Å²) in [6.07, 6.45) is 5.56. The molecule has 1 amide bonds. The normalized spacial score (nSPS) is 13.1. The van der Waals surface area contributed by atoms with E-state index in [1.54, 1.807) is 6.08 Å². The number of carbonyl (C=O) groups is 1. The summed E-state index contributed by atoms with van der Waals surface area (Å²) in [6.45, 7) is 0. The lowest BCUT2D eigenvalue weighted by Crippen LogP contribution is -2.13. The minimum Gasteiger partial charge on any atom is -0.312 e. The Morgan fingerprint density at radius 2 is 1.67 bits per heavy atom. The molecule has 0 fully saturated rings. The number of anilines is 1. The van der Waals surface area contributed by atoms with Crippen LogP contribution in [0.15, 0.2) is 60.2 Å². The Morgan fingerprint density at radius 1 is 0.967 bits per heavy atom. The second-order valence-electron chi connectivity index (χ2n) is 7.14. The van der Waals surface area contributed by atoms with E-state index in [9.17, 15) is 15.3 Å². The van der Waals surface area contributed by atoms with Gasteiger partial charge in [0, 0.05) is 4.88 Å². The molecule has 0 saturated heterocycles. The number of benzene rings is 2. The van der Waals surface area contributed by atoms with Gasteiger partial charge in [0.25, 0.3) is 5.91 Å². The zero-order valence-corrected chi connectivity index (χ0v) is 17.1. The summed E-state index contributed by atoms with van der Waals surface area (Å²) in [6, 6.07) is 21.9. The van der Waals surface area contributed by atoms with E-state index < -0.39 is 5.91 Å². The Balaban J connectivity index is 1.55. The van der Waals surface area contributed by atoms with Crippen molar-refractivity contribution in [2.24, 2.45) is 0 Å². The minimum atomic E-state index is -0.486. The van der Waals surface area contributed by atoms with Gasteiger partial charge in [0.15, 0.2) is 0 Å². The molecule has 3 aromatic rings. The molecule has 5 heteroatoms. The van der Waals surface area contributed by atoms with Crippen LogP contribution in [0.2, 0.25) is 0 Å². The summed E-state index contributed by atoms with van der Waals surface area (Å²) in [5, 5.41) is 22.4. The summed E-state index contributed by atoms with van der Waals surface area (Å²) in [5.41, 5.74) is 4.57. The van der Waals surface area contributed by atoms with Crippen molar-refractivity contribution in [3.63, 3.8) is 0 Å². The molecule has 0 saturated carbocycles. The number of hydrogen-bond acceptors (Lipinski definition) is 4. The third-order valence-corrected chi connectivity index (χ3v) is 6.41. The largest absolute Gasteiger partial charge is 0.312 e. The zero-order chi connectivity index (χ0) is 20.9. The van der Waals surface area contributed by atoms with E-state index in [4.69, 9.17) is 0 Å². The van der Waals surface area contributed by atoms with Gasteiger partial charge >= 0.3 is 0 Å². The first-order valence-corrected chi connectivity index (χ1v) is 10.6. The molecule has 1 aliphatic carbocycles. The van der Waals surface area contributed by atoms with Crippen LogP contribution >= 0.6 is 11.3 Å².